The van der Waals surface area contributed by atoms with Crippen molar-refractivity contribution in [2.75, 3.05) is 13.2 Å². The van der Waals surface area contributed by atoms with Crippen LogP contribution in [-0.2, 0) is 22.4 Å². The molecule has 1 aliphatic heterocycles. The number of hydrogen-bond donors (Lipinski definition) is 2. The number of hydrogen-bond acceptors (Lipinski definition) is 5. The highest BCUT2D eigenvalue weighted by molar-refractivity contribution is 5.49. The van der Waals surface area contributed by atoms with Gasteiger partial charge in [0.1, 0.15) is 11.5 Å². The molecule has 0 amide bonds. The van der Waals surface area contributed by atoms with E-state index in [4.69, 9.17) is 14.6 Å². The molecule has 0 radical (unpaired) electrons. The first-order chi connectivity index (χ1) is 14.3. The molecule has 8 nitrogen and oxygen atoms in total. The summed E-state index contributed by atoms with van der Waals surface area (Å²) in [6.07, 6.45) is 13.8. The van der Waals surface area contributed by atoms with Gasteiger partial charge in [0.25, 0.3) is 6.47 Å². The largest absolute Gasteiger partial charge is 0.483 e. The average molecular weight is 397 g/mol. The van der Waals surface area contributed by atoms with Gasteiger partial charge in [0.15, 0.2) is 5.82 Å². The molecule has 29 heavy (non-hydrogen) atoms. The maximum atomic E-state index is 8.36. The van der Waals surface area contributed by atoms with E-state index in [1.54, 1.807) is 0 Å². The molecule has 3 aromatic rings. The Morgan fingerprint density at radius 3 is 2.83 bits per heavy atom. The minimum Gasteiger partial charge on any atom is -0.483 e. The van der Waals surface area contributed by atoms with Crippen LogP contribution >= 0.6 is 0 Å². The fourth-order valence-electron chi connectivity index (χ4n) is 3.65. The van der Waals surface area contributed by atoms with Gasteiger partial charge in [-0.2, -0.15) is 0 Å². The van der Waals surface area contributed by atoms with Gasteiger partial charge in [-0.15, -0.1) is 0 Å². The number of H-pyrrole nitrogens is 1. The summed E-state index contributed by atoms with van der Waals surface area (Å²) in [5, 5.41) is 6.89. The zero-order valence-electron chi connectivity index (χ0n) is 16.6. The van der Waals surface area contributed by atoms with E-state index in [1.807, 2.05) is 24.8 Å². The Labute approximate surface area is 170 Å². The van der Waals surface area contributed by atoms with Gasteiger partial charge < -0.3 is 19.4 Å². The first-order valence-electron chi connectivity index (χ1n) is 9.88. The number of aromatic nitrogens is 5. The summed E-state index contributed by atoms with van der Waals surface area (Å²) in [5.74, 6) is 2.40. The van der Waals surface area contributed by atoms with Gasteiger partial charge in [-0.05, 0) is 30.5 Å². The third-order valence-corrected chi connectivity index (χ3v) is 5.07. The number of carboxylic acid groups (broad SMARTS) is 1. The van der Waals surface area contributed by atoms with Crippen molar-refractivity contribution < 1.29 is 14.6 Å². The molecule has 1 fully saturated rings. The smallest absolute Gasteiger partial charge is 0.290 e. The molecule has 1 aliphatic rings. The van der Waals surface area contributed by atoms with Crippen LogP contribution in [0.4, 0.5) is 0 Å². The number of pyridine rings is 1. The van der Waals surface area contributed by atoms with E-state index in [1.165, 1.54) is 12.0 Å². The van der Waals surface area contributed by atoms with Crippen LogP contribution in [0.1, 0.15) is 37.2 Å². The van der Waals surface area contributed by atoms with Crippen molar-refractivity contribution in [3.63, 3.8) is 0 Å². The molecule has 3 aromatic heterocycles. The Bertz CT molecular complexity index is 877. The van der Waals surface area contributed by atoms with Crippen molar-refractivity contribution in [1.82, 2.24) is 24.5 Å². The molecule has 154 valence electrons. The van der Waals surface area contributed by atoms with E-state index in [0.29, 0.717) is 5.92 Å². The number of aryl methyl sites for hydroxylation is 1. The van der Waals surface area contributed by atoms with Gasteiger partial charge in [0.2, 0.25) is 0 Å². The molecule has 1 saturated heterocycles. The Kier molecular flexibility index (Phi) is 7.52. The molecule has 0 aliphatic carbocycles. The molecule has 0 aromatic carbocycles. The molecular weight excluding hydrogens is 370 g/mol. The maximum absolute atomic E-state index is 8.36. The zero-order chi connectivity index (χ0) is 20.5. The minimum atomic E-state index is -0.250. The van der Waals surface area contributed by atoms with Gasteiger partial charge in [0.05, 0.1) is 25.5 Å². The van der Waals surface area contributed by atoms with E-state index < -0.39 is 0 Å². The monoisotopic (exact) mass is 397 g/mol. The molecule has 0 saturated carbocycles. The average Bonchev–Trinajstić information content (AvgIpc) is 3.48. The fourth-order valence-corrected chi connectivity index (χ4v) is 3.65. The minimum absolute atomic E-state index is 0.250. The molecule has 4 heterocycles. The Morgan fingerprint density at radius 1 is 1.28 bits per heavy atom. The number of aromatic amines is 1. The highest BCUT2D eigenvalue weighted by Gasteiger charge is 2.31. The van der Waals surface area contributed by atoms with E-state index in [-0.39, 0.29) is 12.5 Å². The number of carbonyl (C=O) groups is 1. The summed E-state index contributed by atoms with van der Waals surface area (Å²) in [7, 11) is 0. The summed E-state index contributed by atoms with van der Waals surface area (Å²) in [6.45, 7) is 3.44. The van der Waals surface area contributed by atoms with Crippen LogP contribution in [-0.4, -0.2) is 49.3 Å². The lowest BCUT2D eigenvalue weighted by Crippen LogP contribution is -2.20. The topological polar surface area (TPSA) is 106 Å². The van der Waals surface area contributed by atoms with Crippen molar-refractivity contribution in [1.29, 1.82) is 0 Å². The maximum Gasteiger partial charge on any atom is 0.290 e. The van der Waals surface area contributed by atoms with Crippen molar-refractivity contribution in [2.24, 2.45) is 5.92 Å². The van der Waals surface area contributed by atoms with Crippen LogP contribution in [0.15, 0.2) is 43.1 Å². The standard InChI is InChI=1S/C20H25N5O.CH2O2/c1-2-3-4-19-23-12-17(24-19)20-22-9-10-25(20)18-14-26-13-16(18)11-15-5-7-21-8-6-15;2-1-3/h5-10,12,16,18H,2-4,11,13-14H2,1H3,(H,23,24);1H,(H,2,3)/t16-,18+;/m0./s1. The molecule has 8 heteroatoms. The van der Waals surface area contributed by atoms with E-state index >= 15 is 0 Å². The lowest BCUT2D eigenvalue weighted by molar-refractivity contribution is -0.122. The molecular formula is C21H27N5O3. The van der Waals surface area contributed by atoms with Crippen LogP contribution in [0.25, 0.3) is 11.5 Å². The van der Waals surface area contributed by atoms with Crippen LogP contribution in [0.2, 0.25) is 0 Å². The third-order valence-electron chi connectivity index (χ3n) is 5.07. The summed E-state index contributed by atoms with van der Waals surface area (Å²) < 4.78 is 8.07. The van der Waals surface area contributed by atoms with Crippen LogP contribution in [0.5, 0.6) is 0 Å². The van der Waals surface area contributed by atoms with Gasteiger partial charge in [0, 0.05) is 37.1 Å². The van der Waals surface area contributed by atoms with Crippen LogP contribution in [0, 0.1) is 5.92 Å². The van der Waals surface area contributed by atoms with Crippen molar-refractivity contribution in [3.05, 3.63) is 54.5 Å². The number of unbranched alkanes of at least 4 members (excludes halogenated alkanes) is 1. The number of imidazole rings is 2. The second kappa shape index (κ2) is 10.5. The number of ether oxygens (including phenoxy) is 1. The number of nitrogens with zero attached hydrogens (tertiary/aromatic N) is 4. The lowest BCUT2D eigenvalue weighted by atomic mass is 9.95. The summed E-state index contributed by atoms with van der Waals surface area (Å²) in [5.41, 5.74) is 2.28. The highest BCUT2D eigenvalue weighted by Crippen LogP contribution is 2.32. The Balaban J connectivity index is 0.000000755. The van der Waals surface area contributed by atoms with Crippen LogP contribution in [0.3, 0.4) is 0 Å². The summed E-state index contributed by atoms with van der Waals surface area (Å²) in [4.78, 5) is 25.0. The van der Waals surface area contributed by atoms with Crippen molar-refractivity contribution in [2.45, 2.75) is 38.6 Å². The zero-order valence-corrected chi connectivity index (χ0v) is 16.6. The van der Waals surface area contributed by atoms with Crippen molar-refractivity contribution in [3.8, 4) is 11.5 Å². The third kappa shape index (κ3) is 5.29. The predicted molar refractivity (Wildman–Crippen MR) is 108 cm³/mol. The van der Waals surface area contributed by atoms with E-state index in [2.05, 4.69) is 49.8 Å². The second-order valence-electron chi connectivity index (χ2n) is 7.04. The van der Waals surface area contributed by atoms with E-state index in [9.17, 15) is 0 Å². The molecule has 4 rings (SSSR count). The van der Waals surface area contributed by atoms with Gasteiger partial charge >= 0.3 is 0 Å². The van der Waals surface area contributed by atoms with Gasteiger partial charge in [-0.1, -0.05) is 13.3 Å². The summed E-state index contributed by atoms with van der Waals surface area (Å²) in [6, 6.07) is 4.45. The molecule has 2 atom stereocenters. The molecule has 0 spiro atoms. The number of nitrogens with one attached hydrogen (secondary N) is 1. The van der Waals surface area contributed by atoms with Gasteiger partial charge in [-0.3, -0.25) is 9.78 Å². The molecule has 0 bridgehead atoms. The summed E-state index contributed by atoms with van der Waals surface area (Å²) >= 11 is 0. The van der Waals surface area contributed by atoms with Crippen molar-refractivity contribution >= 4 is 6.47 Å². The highest BCUT2D eigenvalue weighted by atomic mass is 16.5. The SMILES string of the molecule is CCCCc1ncc(-c2nccn2[C@@H]2COC[C@@H]2Cc2ccncc2)[nH]1.O=CO. The Hall–Kier alpha value is -3.00. The normalized spacial score (nSPS) is 18.2. The number of rotatable bonds is 7. The Morgan fingerprint density at radius 2 is 2.07 bits per heavy atom. The first-order valence-corrected chi connectivity index (χ1v) is 9.88. The quantitative estimate of drug-likeness (QED) is 0.593. The lowest BCUT2D eigenvalue weighted by Gasteiger charge is -2.21. The predicted octanol–water partition coefficient (Wildman–Crippen LogP) is 3.14. The molecule has 0 unspecified atom stereocenters. The second-order valence-corrected chi connectivity index (χ2v) is 7.04. The van der Waals surface area contributed by atoms with Gasteiger partial charge in [-0.25, -0.2) is 9.97 Å². The fraction of sp³-hybridized carbons (Fsp3) is 0.429. The van der Waals surface area contributed by atoms with E-state index in [0.717, 1.165) is 49.8 Å². The first kappa shape index (κ1) is 20.7. The molecule has 2 N–H and O–H groups in total. The van der Waals surface area contributed by atoms with Crippen LogP contribution < -0.4 is 0 Å².